The highest BCUT2D eigenvalue weighted by Gasteiger charge is 2.36. The quantitative estimate of drug-likeness (QED) is 0.584. The van der Waals surface area contributed by atoms with Gasteiger partial charge in [0, 0.05) is 0 Å². The van der Waals surface area contributed by atoms with E-state index in [4.69, 9.17) is 22.2 Å². The number of alkyl halides is 3. The van der Waals surface area contributed by atoms with Crippen molar-refractivity contribution in [1.29, 1.82) is 0 Å². The van der Waals surface area contributed by atoms with Crippen molar-refractivity contribution >= 4 is 39.2 Å². The zero-order chi connectivity index (χ0) is 14.1. The van der Waals surface area contributed by atoms with Gasteiger partial charge in [0.05, 0.1) is 5.56 Å². The van der Waals surface area contributed by atoms with Crippen molar-refractivity contribution in [3.05, 3.63) is 60.2 Å². The van der Waals surface area contributed by atoms with Crippen LogP contribution in [0.25, 0.3) is 0 Å². The van der Waals surface area contributed by atoms with Crippen molar-refractivity contribution in [2.24, 2.45) is 0 Å². The van der Waals surface area contributed by atoms with Gasteiger partial charge in [-0.3, -0.25) is 0 Å². The topological polar surface area (TPSA) is 0 Å². The Morgan fingerprint density at radius 3 is 1.95 bits per heavy atom. The van der Waals surface area contributed by atoms with Crippen molar-refractivity contribution in [1.82, 2.24) is 0 Å². The van der Waals surface area contributed by atoms with Crippen LogP contribution >= 0.6 is 22.2 Å². The van der Waals surface area contributed by atoms with Crippen molar-refractivity contribution in [2.75, 3.05) is 0 Å². The monoisotopic (exact) mass is 320 g/mol. The Bertz CT molecular complexity index is 568. The fourth-order valence-corrected chi connectivity index (χ4v) is 4.75. The van der Waals surface area contributed by atoms with E-state index in [1.54, 1.807) is 30.3 Å². The third-order valence-corrected chi connectivity index (χ3v) is 7.40. The van der Waals surface area contributed by atoms with Gasteiger partial charge in [-0.15, -0.1) is 22.2 Å². The molecule has 0 saturated carbocycles. The Hall–Kier alpha value is -0.973. The van der Waals surface area contributed by atoms with Gasteiger partial charge in [0.1, 0.15) is 0 Å². The molecule has 0 radical (unpaired) electrons. The molecule has 0 N–H and O–H groups in total. The van der Waals surface area contributed by atoms with E-state index in [1.807, 2.05) is 0 Å². The molecule has 0 unspecified atom stereocenters. The summed E-state index contributed by atoms with van der Waals surface area (Å²) in [6.07, 6.45) is -4.40. The fourth-order valence-electron chi connectivity index (χ4n) is 1.70. The third-order valence-electron chi connectivity index (χ3n) is 2.69. The molecule has 2 rings (SSSR count). The lowest BCUT2D eigenvalue weighted by Gasteiger charge is -2.19. The Kier molecular flexibility index (Phi) is 3.94. The second-order valence-electron chi connectivity index (χ2n) is 4.02. The molecule has 0 amide bonds. The minimum atomic E-state index is -4.40. The maximum atomic E-state index is 12.7. The van der Waals surface area contributed by atoms with Crippen LogP contribution in [-0.2, 0) is 6.18 Å². The average Bonchev–Trinajstić information content (AvgIpc) is 2.39. The Morgan fingerprint density at radius 1 is 0.789 bits per heavy atom. The Balaban J connectivity index is 2.47. The summed E-state index contributed by atoms with van der Waals surface area (Å²) >= 11 is 12.7. The molecule has 0 fully saturated rings. The van der Waals surface area contributed by atoms with Crippen molar-refractivity contribution in [3.63, 3.8) is 0 Å². The van der Waals surface area contributed by atoms with Gasteiger partial charge in [0.2, 0.25) is 0 Å². The molecule has 100 valence electrons. The zero-order valence-electron chi connectivity index (χ0n) is 9.59. The van der Waals surface area contributed by atoms with Gasteiger partial charge in [-0.2, -0.15) is 13.2 Å². The van der Waals surface area contributed by atoms with E-state index < -0.39 is 18.4 Å². The number of benzene rings is 2. The first-order chi connectivity index (χ1) is 8.82. The summed E-state index contributed by atoms with van der Waals surface area (Å²) in [7, 11) is 0. The molecule has 6 heteroatoms. The van der Waals surface area contributed by atoms with E-state index in [2.05, 4.69) is 0 Å². The molecule has 19 heavy (non-hydrogen) atoms. The third kappa shape index (κ3) is 3.13. The van der Waals surface area contributed by atoms with Crippen molar-refractivity contribution in [3.8, 4) is 0 Å². The molecule has 0 aliphatic rings. The summed E-state index contributed by atoms with van der Waals surface area (Å²) in [4.78, 5) is 0. The first kappa shape index (κ1) is 14.4. The second-order valence-corrected chi connectivity index (χ2v) is 10.3. The summed E-state index contributed by atoms with van der Waals surface area (Å²) in [5.74, 6) is 0. The molecule has 0 heterocycles. The van der Waals surface area contributed by atoms with Gasteiger partial charge in [0.15, 0.2) is 0 Å². The number of hydrogen-bond acceptors (Lipinski definition) is 0. The summed E-state index contributed by atoms with van der Waals surface area (Å²) in [5, 5.41) is 0.995. The molecule has 0 aliphatic heterocycles. The Morgan fingerprint density at radius 2 is 1.37 bits per heavy atom. The maximum Gasteiger partial charge on any atom is 0.416 e. The van der Waals surface area contributed by atoms with Gasteiger partial charge < -0.3 is 0 Å². The summed E-state index contributed by atoms with van der Waals surface area (Å²) < 4.78 is 38.1. The predicted molar refractivity (Wildman–Crippen MR) is 74.6 cm³/mol. The minimum Gasteiger partial charge on any atom is -0.166 e. The van der Waals surface area contributed by atoms with Crippen LogP contribution in [-0.4, -0.2) is 6.69 Å². The van der Waals surface area contributed by atoms with E-state index in [1.165, 1.54) is 12.1 Å². The minimum absolute atomic E-state index is 0.330. The largest absolute Gasteiger partial charge is 0.416 e. The Labute approximate surface area is 119 Å². The lowest BCUT2D eigenvalue weighted by atomic mass is 10.2. The highest BCUT2D eigenvalue weighted by atomic mass is 35.7. The van der Waals surface area contributed by atoms with Crippen LogP contribution < -0.4 is 10.4 Å². The van der Waals surface area contributed by atoms with E-state index in [9.17, 15) is 13.2 Å². The molecule has 0 aliphatic carbocycles. The molecule has 0 saturated heterocycles. The second kappa shape index (κ2) is 5.19. The van der Waals surface area contributed by atoms with Gasteiger partial charge in [0.25, 0.3) is 0 Å². The van der Waals surface area contributed by atoms with E-state index >= 15 is 0 Å². The van der Waals surface area contributed by atoms with Crippen LogP contribution in [0.15, 0.2) is 54.6 Å². The zero-order valence-corrected chi connectivity index (χ0v) is 12.1. The van der Waals surface area contributed by atoms with E-state index in [-0.39, 0.29) is 0 Å². The highest BCUT2D eigenvalue weighted by Crippen LogP contribution is 2.29. The molecule has 0 nitrogen and oxygen atoms in total. The van der Waals surface area contributed by atoms with Crippen molar-refractivity contribution in [2.45, 2.75) is 6.18 Å². The smallest absolute Gasteiger partial charge is 0.166 e. The number of rotatable bonds is 2. The lowest BCUT2D eigenvalue weighted by Crippen LogP contribution is -2.48. The first-order valence-corrected chi connectivity index (χ1v) is 9.45. The molecular weight excluding hydrogens is 312 g/mol. The number of hydrogen-bond donors (Lipinski definition) is 0. The van der Waals surface area contributed by atoms with Crippen LogP contribution in [0, 0.1) is 0 Å². The first-order valence-electron chi connectivity index (χ1n) is 5.43. The molecule has 0 spiro atoms. The summed E-state index contributed by atoms with van der Waals surface area (Å²) in [5.41, 5.74) is -0.737. The van der Waals surface area contributed by atoms with Crippen LogP contribution in [0.5, 0.6) is 0 Å². The molecule has 0 bridgehead atoms. The van der Waals surface area contributed by atoms with E-state index in [0.717, 1.165) is 12.1 Å². The summed E-state index contributed by atoms with van der Waals surface area (Å²) in [6.45, 7) is -3.12. The molecule has 2 aromatic rings. The average molecular weight is 321 g/mol. The van der Waals surface area contributed by atoms with E-state index in [0.29, 0.717) is 10.4 Å². The van der Waals surface area contributed by atoms with Gasteiger partial charge in [-0.05, 0) is 16.4 Å². The van der Waals surface area contributed by atoms with Gasteiger partial charge >= 0.3 is 12.9 Å². The SMILES string of the molecule is FC(F)(F)c1cccc([Si](Cl)(Cl)c2ccccc2)c1. The standard InChI is InChI=1S/C13H9Cl2F3Si/c14-19(15,11-6-2-1-3-7-11)12-8-4-5-10(9-12)13(16,17)18/h1-9H. The van der Waals surface area contributed by atoms with Gasteiger partial charge in [-0.1, -0.05) is 48.5 Å². The maximum absolute atomic E-state index is 12.7. The summed E-state index contributed by atoms with van der Waals surface area (Å²) in [6, 6.07) is 13.7. The molecule has 2 aromatic carbocycles. The van der Waals surface area contributed by atoms with Crippen molar-refractivity contribution < 1.29 is 13.2 Å². The number of halogens is 5. The normalized spacial score (nSPS) is 12.5. The molecule has 0 atom stereocenters. The molecular formula is C13H9Cl2F3Si. The van der Waals surface area contributed by atoms with Crippen LogP contribution in [0.1, 0.15) is 5.56 Å². The molecule has 0 aromatic heterocycles. The van der Waals surface area contributed by atoms with Crippen LogP contribution in [0.4, 0.5) is 13.2 Å². The van der Waals surface area contributed by atoms with Crippen LogP contribution in [0.2, 0.25) is 0 Å². The highest BCUT2D eigenvalue weighted by molar-refractivity contribution is 7.56. The fraction of sp³-hybridized carbons (Fsp3) is 0.0769. The van der Waals surface area contributed by atoms with Gasteiger partial charge in [-0.25, -0.2) is 0 Å². The predicted octanol–water partition coefficient (Wildman–Crippen LogP) is 3.74. The van der Waals surface area contributed by atoms with Crippen LogP contribution in [0.3, 0.4) is 0 Å². The lowest BCUT2D eigenvalue weighted by molar-refractivity contribution is -0.137.